The first kappa shape index (κ1) is 15.1. The van der Waals surface area contributed by atoms with Gasteiger partial charge in [0.25, 0.3) is 5.91 Å². The van der Waals surface area contributed by atoms with Crippen LogP contribution in [0.3, 0.4) is 0 Å². The summed E-state index contributed by atoms with van der Waals surface area (Å²) in [6.07, 6.45) is 2.87. The van der Waals surface area contributed by atoms with E-state index >= 15 is 0 Å². The van der Waals surface area contributed by atoms with Gasteiger partial charge in [0.1, 0.15) is 6.10 Å². The van der Waals surface area contributed by atoms with E-state index in [1.165, 1.54) is 11.8 Å². The lowest BCUT2D eigenvalue weighted by atomic mass is 10.2. The van der Waals surface area contributed by atoms with Crippen LogP contribution in [0, 0.1) is 0 Å². The number of carbonyl (C=O) groups excluding carboxylic acids is 1. The van der Waals surface area contributed by atoms with Crippen molar-refractivity contribution in [3.05, 3.63) is 12.7 Å². The summed E-state index contributed by atoms with van der Waals surface area (Å²) >= 11 is 1.39. The molecule has 0 aliphatic carbocycles. The summed E-state index contributed by atoms with van der Waals surface area (Å²) in [7, 11) is -2.99. The zero-order valence-corrected chi connectivity index (χ0v) is 13.2. The standard InChI is InChI=1S/C13H18N2O4S2/c1-2-5-15-9-7-21(17,18)8-11(9)20-13(15)14-12(16)10-4-3-6-19-10/h2,9-11H,1,3-8H2/t9-,10+,11-/m1/s1. The Morgan fingerprint density at radius 3 is 3.00 bits per heavy atom. The van der Waals surface area contributed by atoms with Crippen LogP contribution in [0.25, 0.3) is 0 Å². The number of fused-ring (bicyclic) bond motifs is 1. The van der Waals surface area contributed by atoms with Crippen molar-refractivity contribution in [1.82, 2.24) is 4.90 Å². The molecule has 116 valence electrons. The van der Waals surface area contributed by atoms with E-state index in [1.807, 2.05) is 4.90 Å². The van der Waals surface area contributed by atoms with Crippen LogP contribution in [0.1, 0.15) is 12.8 Å². The third-order valence-corrected chi connectivity index (χ3v) is 7.16. The van der Waals surface area contributed by atoms with Gasteiger partial charge in [-0.3, -0.25) is 4.79 Å². The number of amides is 1. The molecule has 0 aromatic rings. The molecule has 3 rings (SSSR count). The average Bonchev–Trinajstić information content (AvgIpc) is 3.08. The molecule has 0 bridgehead atoms. The summed E-state index contributed by atoms with van der Waals surface area (Å²) in [6.45, 7) is 4.81. The quantitative estimate of drug-likeness (QED) is 0.699. The summed E-state index contributed by atoms with van der Waals surface area (Å²) in [4.78, 5) is 18.2. The van der Waals surface area contributed by atoms with Gasteiger partial charge in [0.15, 0.2) is 15.0 Å². The monoisotopic (exact) mass is 330 g/mol. The van der Waals surface area contributed by atoms with Crippen molar-refractivity contribution in [2.24, 2.45) is 4.99 Å². The third kappa shape index (κ3) is 3.02. The maximum atomic E-state index is 12.1. The molecule has 21 heavy (non-hydrogen) atoms. The molecule has 0 N–H and O–H groups in total. The van der Waals surface area contributed by atoms with Crippen molar-refractivity contribution in [2.45, 2.75) is 30.2 Å². The molecule has 3 fully saturated rings. The molecule has 0 aromatic carbocycles. The molecule has 3 aliphatic heterocycles. The number of rotatable bonds is 3. The van der Waals surface area contributed by atoms with Gasteiger partial charge in [-0.15, -0.1) is 6.58 Å². The Morgan fingerprint density at radius 2 is 2.33 bits per heavy atom. The van der Waals surface area contributed by atoms with Crippen LogP contribution in [0.4, 0.5) is 0 Å². The maximum Gasteiger partial charge on any atom is 0.277 e. The van der Waals surface area contributed by atoms with E-state index in [0.29, 0.717) is 24.7 Å². The molecule has 8 heteroatoms. The molecule has 1 amide bonds. The topological polar surface area (TPSA) is 76.0 Å². The summed E-state index contributed by atoms with van der Waals surface area (Å²) in [6, 6.07) is -0.103. The zero-order valence-electron chi connectivity index (χ0n) is 11.6. The van der Waals surface area contributed by atoms with Crippen molar-refractivity contribution in [1.29, 1.82) is 0 Å². The van der Waals surface area contributed by atoms with Crippen molar-refractivity contribution >= 4 is 32.7 Å². The molecule has 3 heterocycles. The van der Waals surface area contributed by atoms with Gasteiger partial charge in [-0.2, -0.15) is 4.99 Å². The number of nitrogens with zero attached hydrogens (tertiary/aromatic N) is 2. The van der Waals surface area contributed by atoms with Gasteiger partial charge in [-0.05, 0) is 12.8 Å². The highest BCUT2D eigenvalue weighted by molar-refractivity contribution is 8.15. The number of aliphatic imine (C=N–C) groups is 1. The van der Waals surface area contributed by atoms with E-state index < -0.39 is 15.9 Å². The molecule has 0 spiro atoms. The molecule has 0 saturated carbocycles. The largest absolute Gasteiger partial charge is 0.368 e. The average molecular weight is 330 g/mol. The first-order valence-electron chi connectivity index (χ1n) is 6.99. The van der Waals surface area contributed by atoms with Gasteiger partial charge in [0.05, 0.1) is 17.5 Å². The van der Waals surface area contributed by atoms with E-state index in [4.69, 9.17) is 4.74 Å². The molecule has 3 atom stereocenters. The summed E-state index contributed by atoms with van der Waals surface area (Å²) in [5, 5.41) is 0.575. The minimum absolute atomic E-state index is 0.0361. The second-order valence-electron chi connectivity index (χ2n) is 5.48. The fourth-order valence-corrected chi connectivity index (χ4v) is 6.89. The fourth-order valence-electron chi connectivity index (χ4n) is 2.93. The molecule has 0 radical (unpaired) electrons. The highest BCUT2D eigenvalue weighted by Crippen LogP contribution is 2.38. The molecule has 3 aliphatic rings. The summed E-state index contributed by atoms with van der Waals surface area (Å²) in [5.41, 5.74) is 0. The molecular formula is C13H18N2O4S2. The molecule has 0 unspecified atom stereocenters. The number of carbonyl (C=O) groups is 1. The normalized spacial score (nSPS) is 36.1. The predicted molar refractivity (Wildman–Crippen MR) is 82.1 cm³/mol. The van der Waals surface area contributed by atoms with Gasteiger partial charge < -0.3 is 9.64 Å². The number of sulfone groups is 1. The molecule has 6 nitrogen and oxygen atoms in total. The second kappa shape index (κ2) is 5.73. The lowest BCUT2D eigenvalue weighted by Gasteiger charge is -2.22. The Morgan fingerprint density at radius 1 is 1.52 bits per heavy atom. The van der Waals surface area contributed by atoms with Crippen LogP contribution in [-0.2, 0) is 19.4 Å². The number of thioether (sulfide) groups is 1. The van der Waals surface area contributed by atoms with Gasteiger partial charge in [-0.1, -0.05) is 17.8 Å². The van der Waals surface area contributed by atoms with E-state index in [0.717, 1.165) is 6.42 Å². The van der Waals surface area contributed by atoms with Crippen LogP contribution in [0.5, 0.6) is 0 Å². The zero-order chi connectivity index (χ0) is 15.0. The minimum Gasteiger partial charge on any atom is -0.368 e. The van der Waals surface area contributed by atoms with Gasteiger partial charge in [0, 0.05) is 18.4 Å². The van der Waals surface area contributed by atoms with Crippen molar-refractivity contribution < 1.29 is 17.9 Å². The van der Waals surface area contributed by atoms with E-state index in [1.54, 1.807) is 6.08 Å². The van der Waals surface area contributed by atoms with E-state index in [9.17, 15) is 13.2 Å². The maximum absolute atomic E-state index is 12.1. The SMILES string of the molecule is C=CCN1C(=NC(=O)[C@@H]2CCCO2)S[C@@H]2CS(=O)(=O)C[C@H]21. The van der Waals surface area contributed by atoms with E-state index in [-0.39, 0.29) is 28.7 Å². The fraction of sp³-hybridized carbons (Fsp3) is 0.692. The summed E-state index contributed by atoms with van der Waals surface area (Å²) < 4.78 is 28.8. The lowest BCUT2D eigenvalue weighted by molar-refractivity contribution is -0.126. The minimum atomic E-state index is -2.99. The first-order valence-corrected chi connectivity index (χ1v) is 9.69. The van der Waals surface area contributed by atoms with Gasteiger partial charge >= 0.3 is 0 Å². The Labute approximate surface area is 128 Å². The highest BCUT2D eigenvalue weighted by atomic mass is 32.2. The predicted octanol–water partition coefficient (Wildman–Crippen LogP) is 0.448. The smallest absolute Gasteiger partial charge is 0.277 e. The number of ether oxygens (including phenoxy) is 1. The molecule has 0 aromatic heterocycles. The van der Waals surface area contributed by atoms with E-state index in [2.05, 4.69) is 11.6 Å². The summed E-state index contributed by atoms with van der Waals surface area (Å²) in [5.74, 6) is 0.0290. The Bertz CT molecular complexity index is 581. The van der Waals surface area contributed by atoms with Crippen LogP contribution in [0.2, 0.25) is 0 Å². The Hall–Kier alpha value is -0.860. The third-order valence-electron chi connectivity index (χ3n) is 3.91. The number of hydrogen-bond donors (Lipinski definition) is 0. The van der Waals surface area contributed by atoms with Gasteiger partial charge in [-0.25, -0.2) is 8.42 Å². The van der Waals surface area contributed by atoms with Crippen LogP contribution >= 0.6 is 11.8 Å². The number of amidine groups is 1. The number of hydrogen-bond acceptors (Lipinski definition) is 5. The molecular weight excluding hydrogens is 312 g/mol. The van der Waals surface area contributed by atoms with Crippen molar-refractivity contribution in [2.75, 3.05) is 24.7 Å². The Kier molecular flexibility index (Phi) is 4.11. The van der Waals surface area contributed by atoms with Crippen LogP contribution < -0.4 is 0 Å². The lowest BCUT2D eigenvalue weighted by Crippen LogP contribution is -2.38. The second-order valence-corrected chi connectivity index (χ2v) is 8.84. The van der Waals surface area contributed by atoms with Gasteiger partial charge in [0.2, 0.25) is 0 Å². The van der Waals surface area contributed by atoms with Crippen molar-refractivity contribution in [3.8, 4) is 0 Å². The highest BCUT2D eigenvalue weighted by Gasteiger charge is 2.48. The molecule has 3 saturated heterocycles. The van der Waals surface area contributed by atoms with Crippen LogP contribution in [-0.4, -0.2) is 66.4 Å². The first-order chi connectivity index (χ1) is 10.00. The van der Waals surface area contributed by atoms with Crippen LogP contribution in [0.15, 0.2) is 17.6 Å². The van der Waals surface area contributed by atoms with Crippen molar-refractivity contribution in [3.63, 3.8) is 0 Å². The Balaban J connectivity index is 1.79.